The molecule has 0 aliphatic carbocycles. The van der Waals surface area contributed by atoms with Gasteiger partial charge in [-0.2, -0.15) is 0 Å². The predicted octanol–water partition coefficient (Wildman–Crippen LogP) is 0.903. The van der Waals surface area contributed by atoms with Crippen molar-refractivity contribution < 1.29 is 13.9 Å². The van der Waals surface area contributed by atoms with Gasteiger partial charge in [0.1, 0.15) is 0 Å². The molecule has 11 heavy (non-hydrogen) atoms. The smallest absolute Gasteiger partial charge is 0.319 e. The molecule has 0 saturated carbocycles. The third-order valence-electron chi connectivity index (χ3n) is 0.904. The molecule has 0 radical (unpaired) electrons. The quantitative estimate of drug-likeness (QED) is 0.292. The molecule has 0 rings (SSSR count). The minimum Gasteiger partial charge on any atom is -0.319 e. The van der Waals surface area contributed by atoms with Crippen molar-refractivity contribution in [1.29, 1.82) is 0 Å². The molecule has 0 unspecified atom stereocenters. The third kappa shape index (κ3) is 3.51. The molecule has 0 heterocycles. The average Bonchev–Trinajstić information content (AvgIpc) is 1.83. The van der Waals surface area contributed by atoms with Crippen molar-refractivity contribution in [2.75, 3.05) is 6.66 Å². The van der Waals surface area contributed by atoms with Crippen molar-refractivity contribution in [2.24, 2.45) is 5.84 Å². The Kier molecular flexibility index (Phi) is 3.72. The largest absolute Gasteiger partial charge is 0.319 e. The van der Waals surface area contributed by atoms with Crippen LogP contribution < -0.4 is 11.3 Å². The number of carbonyl (C=O) groups is 1. The summed E-state index contributed by atoms with van der Waals surface area (Å²) < 4.78 is 16.1. The van der Waals surface area contributed by atoms with Crippen LogP contribution in [0.4, 0.5) is 4.79 Å². The molecule has 0 aromatic heterocycles. The molecule has 66 valence electrons. The van der Waals surface area contributed by atoms with Gasteiger partial charge in [0.25, 0.3) is 7.37 Å². The van der Waals surface area contributed by atoms with Crippen LogP contribution in [0.15, 0.2) is 0 Å². The molecule has 0 aliphatic rings. The van der Waals surface area contributed by atoms with E-state index in [-0.39, 0.29) is 6.10 Å². The topological polar surface area (TPSA) is 81.4 Å². The lowest BCUT2D eigenvalue weighted by molar-refractivity contribution is 0.229. The predicted molar refractivity (Wildman–Crippen MR) is 42.5 cm³/mol. The maximum atomic E-state index is 11.2. The molecule has 1 atom stereocenters. The second kappa shape index (κ2) is 3.85. The minimum atomic E-state index is -3.21. The summed E-state index contributed by atoms with van der Waals surface area (Å²) in [5.74, 6) is 4.78. The maximum Gasteiger partial charge on any atom is 0.319 e. The summed E-state index contributed by atoms with van der Waals surface area (Å²) in [6, 6.07) is 0. The summed E-state index contributed by atoms with van der Waals surface area (Å²) >= 11 is 0. The molecule has 0 saturated heterocycles. The van der Waals surface area contributed by atoms with Crippen LogP contribution in [-0.2, 0) is 9.09 Å². The third-order valence-corrected chi connectivity index (χ3v) is 2.60. The van der Waals surface area contributed by atoms with Crippen LogP contribution in [0.1, 0.15) is 13.8 Å². The van der Waals surface area contributed by atoms with Crippen LogP contribution in [0.2, 0.25) is 0 Å². The summed E-state index contributed by atoms with van der Waals surface area (Å²) in [4.78, 5) is 10.7. The van der Waals surface area contributed by atoms with Gasteiger partial charge in [0.2, 0.25) is 0 Å². The number of nitrogens with two attached hydrogens (primary N) is 1. The summed E-state index contributed by atoms with van der Waals surface area (Å²) in [6.07, 6.45) is -0.247. The van der Waals surface area contributed by atoms with Crippen LogP contribution in [0.5, 0.6) is 0 Å². The molecular formula is C5H13N2O3P. The first-order valence-corrected chi connectivity index (χ1v) is 5.24. The average molecular weight is 180 g/mol. The number of hydrogen-bond donors (Lipinski definition) is 2. The fourth-order valence-corrected chi connectivity index (χ4v) is 1.70. The van der Waals surface area contributed by atoms with Crippen molar-refractivity contribution in [1.82, 2.24) is 5.43 Å². The Morgan fingerprint density at radius 2 is 2.09 bits per heavy atom. The van der Waals surface area contributed by atoms with Gasteiger partial charge in [-0.1, -0.05) is 0 Å². The Morgan fingerprint density at radius 1 is 1.64 bits per heavy atom. The number of nitrogens with one attached hydrogen (secondary N) is 1. The Balaban J connectivity index is 4.23. The van der Waals surface area contributed by atoms with Crippen LogP contribution in [-0.4, -0.2) is 18.4 Å². The first-order valence-electron chi connectivity index (χ1n) is 3.17. The lowest BCUT2D eigenvalue weighted by Crippen LogP contribution is -2.29. The van der Waals surface area contributed by atoms with E-state index in [1.807, 2.05) is 0 Å². The SMILES string of the molecule is CC(C)O[P@@](C)(=O)C(=O)NN. The molecule has 6 heteroatoms. The number of hydrazine groups is 1. The number of carbonyl (C=O) groups excluding carboxylic acids is 1. The van der Waals surface area contributed by atoms with E-state index in [0.717, 1.165) is 0 Å². The lowest BCUT2D eigenvalue weighted by Gasteiger charge is -2.13. The van der Waals surface area contributed by atoms with E-state index in [1.54, 1.807) is 19.3 Å². The van der Waals surface area contributed by atoms with Crippen LogP contribution in [0.25, 0.3) is 0 Å². The highest BCUT2D eigenvalue weighted by molar-refractivity contribution is 7.75. The Bertz CT molecular complexity index is 192. The number of hydrogen-bond acceptors (Lipinski definition) is 4. The van der Waals surface area contributed by atoms with E-state index >= 15 is 0 Å². The molecule has 0 aliphatic heterocycles. The van der Waals surface area contributed by atoms with Gasteiger partial charge in [0.05, 0.1) is 6.10 Å². The highest BCUT2D eigenvalue weighted by Gasteiger charge is 2.26. The van der Waals surface area contributed by atoms with Crippen molar-refractivity contribution in [2.45, 2.75) is 20.0 Å². The van der Waals surface area contributed by atoms with Gasteiger partial charge in [-0.25, -0.2) is 5.84 Å². The maximum absolute atomic E-state index is 11.2. The normalized spacial score (nSPS) is 16.1. The molecule has 3 N–H and O–H groups in total. The Labute approximate surface area is 65.7 Å². The minimum absolute atomic E-state index is 0.247. The summed E-state index contributed by atoms with van der Waals surface area (Å²) in [7, 11) is -3.21. The lowest BCUT2D eigenvalue weighted by atomic mass is 10.5. The van der Waals surface area contributed by atoms with E-state index in [9.17, 15) is 9.36 Å². The zero-order chi connectivity index (χ0) is 9.07. The fourth-order valence-electron chi connectivity index (χ4n) is 0.567. The first-order chi connectivity index (χ1) is 4.90. The Morgan fingerprint density at radius 3 is 2.36 bits per heavy atom. The second-order valence-electron chi connectivity index (χ2n) is 2.45. The monoisotopic (exact) mass is 180 g/mol. The van der Waals surface area contributed by atoms with Gasteiger partial charge < -0.3 is 4.52 Å². The van der Waals surface area contributed by atoms with Crippen molar-refractivity contribution in [3.63, 3.8) is 0 Å². The van der Waals surface area contributed by atoms with Crippen molar-refractivity contribution in [3.8, 4) is 0 Å². The molecule has 5 nitrogen and oxygen atoms in total. The second-order valence-corrected chi connectivity index (χ2v) is 4.76. The Hall–Kier alpha value is -0.380. The van der Waals surface area contributed by atoms with Crippen molar-refractivity contribution >= 4 is 13.0 Å². The van der Waals surface area contributed by atoms with Crippen LogP contribution in [0.3, 0.4) is 0 Å². The molecule has 0 aromatic rings. The highest BCUT2D eigenvalue weighted by Crippen LogP contribution is 2.43. The van der Waals surface area contributed by atoms with Crippen LogP contribution in [0, 0.1) is 0 Å². The molecule has 1 amide bonds. The molecule has 0 spiro atoms. The zero-order valence-electron chi connectivity index (χ0n) is 6.83. The number of rotatable bonds is 3. The van der Waals surface area contributed by atoms with Crippen molar-refractivity contribution in [3.05, 3.63) is 0 Å². The van der Waals surface area contributed by atoms with Gasteiger partial charge in [-0.05, 0) is 13.8 Å². The highest BCUT2D eigenvalue weighted by atomic mass is 31.2. The summed E-state index contributed by atoms with van der Waals surface area (Å²) in [5, 5.41) is 0. The van der Waals surface area contributed by atoms with E-state index in [0.29, 0.717) is 0 Å². The summed E-state index contributed by atoms with van der Waals surface area (Å²) in [5.41, 5.74) is 1.03. The van der Waals surface area contributed by atoms with Gasteiger partial charge >= 0.3 is 5.65 Å². The van der Waals surface area contributed by atoms with Gasteiger partial charge in [0.15, 0.2) is 0 Å². The summed E-state index contributed by atoms with van der Waals surface area (Å²) in [6.45, 7) is 4.62. The van der Waals surface area contributed by atoms with Gasteiger partial charge in [-0.3, -0.25) is 14.8 Å². The standard InChI is InChI=1S/C5H13N2O3P/c1-4(2)10-11(3,9)5(8)7-6/h4H,6H2,1-3H3,(H,7,8)/t11-/m1/s1. The van der Waals surface area contributed by atoms with E-state index < -0.39 is 13.0 Å². The van der Waals surface area contributed by atoms with E-state index in [4.69, 9.17) is 10.4 Å². The fraction of sp³-hybridized carbons (Fsp3) is 0.800. The molecule has 0 fully saturated rings. The van der Waals surface area contributed by atoms with Gasteiger partial charge in [0, 0.05) is 6.66 Å². The van der Waals surface area contributed by atoms with E-state index in [1.165, 1.54) is 6.66 Å². The molecular weight excluding hydrogens is 167 g/mol. The number of amides is 1. The van der Waals surface area contributed by atoms with E-state index in [2.05, 4.69) is 0 Å². The molecule has 0 aromatic carbocycles. The molecule has 0 bridgehead atoms. The first kappa shape index (κ1) is 10.6. The zero-order valence-corrected chi connectivity index (χ0v) is 7.72. The van der Waals surface area contributed by atoms with Crippen LogP contribution >= 0.6 is 7.37 Å². The van der Waals surface area contributed by atoms with Gasteiger partial charge in [-0.15, -0.1) is 0 Å².